The average Bonchev–Trinajstić information content (AvgIpc) is 3.12. The smallest absolute Gasteiger partial charge is 0.358 e. The Kier molecular flexibility index (Phi) is 3.43. The molecule has 1 aromatic carbocycles. The van der Waals surface area contributed by atoms with E-state index >= 15 is 0 Å². The van der Waals surface area contributed by atoms with Crippen molar-refractivity contribution >= 4 is 17.6 Å². The summed E-state index contributed by atoms with van der Waals surface area (Å²) in [6, 6.07) is 7.93. The number of nitrogens with zero attached hydrogens (tertiary/aromatic N) is 1. The molecule has 0 unspecified atom stereocenters. The quantitative estimate of drug-likeness (QED) is 0.843. The van der Waals surface area contributed by atoms with Gasteiger partial charge < -0.3 is 10.1 Å². The van der Waals surface area contributed by atoms with Crippen molar-refractivity contribution in [1.29, 1.82) is 0 Å². The second-order valence-corrected chi connectivity index (χ2v) is 4.93. The fraction of sp³-hybridized carbons (Fsp3) is 0.267. The molecule has 0 spiro atoms. The molecule has 0 bridgehead atoms. The Bertz CT molecular complexity index is 693. The Hall–Kier alpha value is -2.63. The molecule has 0 saturated heterocycles. The molecule has 1 heterocycles. The van der Waals surface area contributed by atoms with E-state index in [1.54, 1.807) is 0 Å². The molecule has 1 aliphatic carbocycles. The van der Waals surface area contributed by atoms with Crippen LogP contribution in [0.5, 0.6) is 0 Å². The molecular formula is C15H15N3O3. The Balaban J connectivity index is 1.79. The summed E-state index contributed by atoms with van der Waals surface area (Å²) in [5, 5.41) is 9.06. The maximum Gasteiger partial charge on any atom is 0.358 e. The highest BCUT2D eigenvalue weighted by Gasteiger charge is 2.29. The topological polar surface area (TPSA) is 84.1 Å². The summed E-state index contributed by atoms with van der Waals surface area (Å²) in [4.78, 5) is 24.0. The number of hydrogen-bond acceptors (Lipinski definition) is 4. The van der Waals surface area contributed by atoms with Gasteiger partial charge in [0.25, 0.3) is 0 Å². The van der Waals surface area contributed by atoms with E-state index in [1.165, 1.54) is 18.9 Å². The minimum absolute atomic E-state index is 0.133. The zero-order valence-corrected chi connectivity index (χ0v) is 11.6. The summed E-state index contributed by atoms with van der Waals surface area (Å²) in [6.07, 6.45) is 3.07. The number of benzene rings is 1. The molecule has 1 atom stereocenters. The van der Waals surface area contributed by atoms with Gasteiger partial charge in [0.15, 0.2) is 5.69 Å². The van der Waals surface area contributed by atoms with Crippen molar-refractivity contribution in [3.8, 4) is 0 Å². The fourth-order valence-corrected chi connectivity index (χ4v) is 2.69. The van der Waals surface area contributed by atoms with E-state index in [-0.39, 0.29) is 17.5 Å². The van der Waals surface area contributed by atoms with Crippen molar-refractivity contribution in [3.63, 3.8) is 0 Å². The molecule has 21 heavy (non-hydrogen) atoms. The first-order valence-corrected chi connectivity index (χ1v) is 6.71. The molecule has 6 nitrogen and oxygen atoms in total. The highest BCUT2D eigenvalue weighted by atomic mass is 16.5. The van der Waals surface area contributed by atoms with Crippen molar-refractivity contribution in [2.45, 2.75) is 18.8 Å². The first-order chi connectivity index (χ1) is 10.2. The molecule has 1 aromatic heterocycles. The second-order valence-electron chi connectivity index (χ2n) is 4.93. The molecule has 2 aromatic rings. The number of aromatic amines is 1. The number of ether oxygens (including phenoxy) is 1. The van der Waals surface area contributed by atoms with E-state index in [9.17, 15) is 9.59 Å². The lowest BCUT2D eigenvalue weighted by Gasteiger charge is -2.11. The molecule has 6 heteroatoms. The Morgan fingerprint density at radius 3 is 3.00 bits per heavy atom. The maximum absolute atomic E-state index is 12.4. The number of fused-ring (bicyclic) bond motifs is 1. The molecule has 0 radical (unpaired) electrons. The monoisotopic (exact) mass is 285 g/mol. The largest absolute Gasteiger partial charge is 0.464 e. The van der Waals surface area contributed by atoms with Crippen LogP contribution >= 0.6 is 0 Å². The highest BCUT2D eigenvalue weighted by Crippen LogP contribution is 2.33. The van der Waals surface area contributed by atoms with Gasteiger partial charge in [0.2, 0.25) is 5.91 Å². The number of rotatable bonds is 3. The lowest BCUT2D eigenvalue weighted by atomic mass is 10.0. The third kappa shape index (κ3) is 2.40. The van der Waals surface area contributed by atoms with Crippen molar-refractivity contribution in [3.05, 3.63) is 47.3 Å². The van der Waals surface area contributed by atoms with Crippen molar-refractivity contribution < 1.29 is 14.3 Å². The minimum atomic E-state index is -0.561. The van der Waals surface area contributed by atoms with Gasteiger partial charge in [0.05, 0.1) is 24.9 Å². The molecule has 1 aliphatic rings. The number of aryl methyl sites for hydroxylation is 1. The van der Waals surface area contributed by atoms with Crippen molar-refractivity contribution in [1.82, 2.24) is 10.2 Å². The number of amides is 1. The Morgan fingerprint density at radius 2 is 2.19 bits per heavy atom. The van der Waals surface area contributed by atoms with Crippen LogP contribution in [0.25, 0.3) is 0 Å². The lowest BCUT2D eigenvalue weighted by Crippen LogP contribution is -2.20. The summed E-state index contributed by atoms with van der Waals surface area (Å²) < 4.78 is 4.64. The molecule has 1 amide bonds. The first-order valence-electron chi connectivity index (χ1n) is 6.71. The SMILES string of the molecule is COC(=O)c1[nH]ncc1NC(=O)[C@@H]1CCc2ccccc21. The van der Waals surface area contributed by atoms with Crippen LogP contribution in [0.15, 0.2) is 30.5 Å². The number of anilines is 1. The second kappa shape index (κ2) is 5.40. The van der Waals surface area contributed by atoms with Gasteiger partial charge in [-0.3, -0.25) is 9.89 Å². The number of methoxy groups -OCH3 is 1. The molecule has 0 aliphatic heterocycles. The number of nitrogens with one attached hydrogen (secondary N) is 2. The van der Waals surface area contributed by atoms with Gasteiger partial charge in [-0.1, -0.05) is 24.3 Å². The van der Waals surface area contributed by atoms with Crippen molar-refractivity contribution in [2.75, 3.05) is 12.4 Å². The van der Waals surface area contributed by atoms with Crippen LogP contribution in [-0.2, 0) is 16.0 Å². The zero-order chi connectivity index (χ0) is 14.8. The number of H-pyrrole nitrogens is 1. The number of carbonyl (C=O) groups is 2. The molecule has 0 fully saturated rings. The van der Waals surface area contributed by atoms with Gasteiger partial charge in [0, 0.05) is 0 Å². The normalized spacial score (nSPS) is 16.3. The lowest BCUT2D eigenvalue weighted by molar-refractivity contribution is -0.117. The summed E-state index contributed by atoms with van der Waals surface area (Å²) in [7, 11) is 1.28. The van der Waals surface area contributed by atoms with Gasteiger partial charge in [-0.05, 0) is 24.0 Å². The molecule has 3 rings (SSSR count). The summed E-state index contributed by atoms with van der Waals surface area (Å²) in [5.74, 6) is -0.886. The van der Waals surface area contributed by atoms with Crippen LogP contribution in [0.4, 0.5) is 5.69 Å². The number of carbonyl (C=O) groups excluding carboxylic acids is 2. The van der Waals surface area contributed by atoms with E-state index in [1.807, 2.05) is 24.3 Å². The average molecular weight is 285 g/mol. The van der Waals surface area contributed by atoms with Gasteiger partial charge in [-0.2, -0.15) is 5.10 Å². The molecule has 0 saturated carbocycles. The maximum atomic E-state index is 12.4. The minimum Gasteiger partial charge on any atom is -0.464 e. The van der Waals surface area contributed by atoms with E-state index in [0.29, 0.717) is 5.69 Å². The third-order valence-electron chi connectivity index (χ3n) is 3.74. The number of esters is 1. The van der Waals surface area contributed by atoms with Crippen LogP contribution < -0.4 is 5.32 Å². The van der Waals surface area contributed by atoms with Crippen LogP contribution in [0.3, 0.4) is 0 Å². The summed E-state index contributed by atoms with van der Waals surface area (Å²) >= 11 is 0. The molecular weight excluding hydrogens is 270 g/mol. The Morgan fingerprint density at radius 1 is 1.38 bits per heavy atom. The number of aromatic nitrogens is 2. The van der Waals surface area contributed by atoms with Crippen LogP contribution in [0.2, 0.25) is 0 Å². The van der Waals surface area contributed by atoms with Crippen molar-refractivity contribution in [2.24, 2.45) is 0 Å². The van der Waals surface area contributed by atoms with E-state index in [2.05, 4.69) is 20.3 Å². The fourth-order valence-electron chi connectivity index (χ4n) is 2.69. The van der Waals surface area contributed by atoms with Crippen LogP contribution in [0, 0.1) is 0 Å². The molecule has 2 N–H and O–H groups in total. The van der Waals surface area contributed by atoms with Crippen LogP contribution in [0.1, 0.15) is 34.0 Å². The highest BCUT2D eigenvalue weighted by molar-refractivity contribution is 6.02. The first kappa shape index (κ1) is 13.4. The van der Waals surface area contributed by atoms with Gasteiger partial charge >= 0.3 is 5.97 Å². The number of hydrogen-bond donors (Lipinski definition) is 2. The zero-order valence-electron chi connectivity index (χ0n) is 11.6. The Labute approximate surface area is 121 Å². The van der Waals surface area contributed by atoms with E-state index in [0.717, 1.165) is 18.4 Å². The van der Waals surface area contributed by atoms with Gasteiger partial charge in [-0.25, -0.2) is 4.79 Å². The predicted molar refractivity (Wildman–Crippen MR) is 76.1 cm³/mol. The molecule has 108 valence electrons. The third-order valence-corrected chi connectivity index (χ3v) is 3.74. The van der Waals surface area contributed by atoms with Crippen LogP contribution in [-0.4, -0.2) is 29.2 Å². The van der Waals surface area contributed by atoms with E-state index < -0.39 is 5.97 Å². The summed E-state index contributed by atoms with van der Waals surface area (Å²) in [5.41, 5.74) is 2.75. The summed E-state index contributed by atoms with van der Waals surface area (Å²) in [6.45, 7) is 0. The standard InChI is InChI=1S/C15H15N3O3/c1-21-15(20)13-12(8-16-18-13)17-14(19)11-7-6-9-4-2-3-5-10(9)11/h2-5,8,11H,6-7H2,1H3,(H,16,18)(H,17,19)/t11-/m1/s1. The predicted octanol–water partition coefficient (Wildman–Crippen LogP) is 1.86. The van der Waals surface area contributed by atoms with Gasteiger partial charge in [-0.15, -0.1) is 0 Å². The van der Waals surface area contributed by atoms with E-state index in [4.69, 9.17) is 0 Å². The van der Waals surface area contributed by atoms with Gasteiger partial charge in [0.1, 0.15) is 0 Å².